The molecule has 2 heterocycles. The van der Waals surface area contributed by atoms with Gasteiger partial charge in [-0.3, -0.25) is 29.9 Å². The van der Waals surface area contributed by atoms with Crippen LogP contribution in [-0.4, -0.2) is 80.6 Å². The highest BCUT2D eigenvalue weighted by molar-refractivity contribution is 7.80. The van der Waals surface area contributed by atoms with E-state index in [-0.39, 0.29) is 30.1 Å². The fourth-order valence-corrected chi connectivity index (χ4v) is 5.69. The number of hydrogen-bond donors (Lipinski definition) is 8. The summed E-state index contributed by atoms with van der Waals surface area (Å²) >= 11 is 3.98. The smallest absolute Gasteiger partial charge is 0.317 e. The summed E-state index contributed by atoms with van der Waals surface area (Å²) in [6, 6.07) is 9.41. The monoisotopic (exact) mass is 641 g/mol. The summed E-state index contributed by atoms with van der Waals surface area (Å²) in [6.45, 7) is 0.551. The number of anilines is 1. The molecule has 4 rings (SSSR count). The highest BCUT2D eigenvalue weighted by Gasteiger charge is 2.42. The summed E-state index contributed by atoms with van der Waals surface area (Å²) in [6.07, 6.45) is 7.62. The Morgan fingerprint density at radius 3 is 2.20 bits per heavy atom. The number of carboxylic acids is 2. The molecule has 1 aromatic carbocycles. The topological polar surface area (TPSA) is 225 Å². The van der Waals surface area contributed by atoms with Crippen molar-refractivity contribution in [2.24, 2.45) is 17.6 Å². The van der Waals surface area contributed by atoms with Crippen molar-refractivity contribution >= 4 is 48.0 Å². The summed E-state index contributed by atoms with van der Waals surface area (Å²) in [5.74, 6) is -1.84. The highest BCUT2D eigenvalue weighted by Crippen LogP contribution is 2.29. The Kier molecular flexibility index (Phi) is 13.6. The average Bonchev–Trinajstić information content (AvgIpc) is 3.00. The Labute approximate surface area is 268 Å². The molecule has 1 saturated heterocycles. The number of likely N-dealkylation sites (tertiary alicyclic amines) is 1. The second kappa shape index (κ2) is 17.4. The average molecular weight is 642 g/mol. The first-order valence-corrected chi connectivity index (χ1v) is 15.6. The predicted molar refractivity (Wildman–Crippen MR) is 173 cm³/mol. The van der Waals surface area contributed by atoms with Crippen molar-refractivity contribution in [3.8, 4) is 0 Å². The Bertz CT molecular complexity index is 1320. The molecule has 1 aliphatic carbocycles. The second-order valence-electron chi connectivity index (χ2n) is 11.3. The molecule has 0 bridgehead atoms. The molecule has 9 N–H and O–H groups in total. The van der Waals surface area contributed by atoms with Crippen LogP contribution in [0.25, 0.3) is 0 Å². The molecule has 1 aliphatic heterocycles. The second-order valence-corrected chi connectivity index (χ2v) is 11.7. The normalized spacial score (nSPS) is 17.5. The lowest BCUT2D eigenvalue weighted by Crippen LogP contribution is -2.63. The summed E-state index contributed by atoms with van der Waals surface area (Å²) < 4.78 is 0. The minimum absolute atomic E-state index is 0.0109. The predicted octanol–water partition coefficient (Wildman–Crippen LogP) is 1.65. The van der Waals surface area contributed by atoms with Crippen LogP contribution in [-0.2, 0) is 32.1 Å². The number of hydrogen-bond acceptors (Lipinski definition) is 9. The van der Waals surface area contributed by atoms with Gasteiger partial charge in [0.2, 0.25) is 11.8 Å². The van der Waals surface area contributed by atoms with Gasteiger partial charge in [-0.05, 0) is 48.8 Å². The van der Waals surface area contributed by atoms with Crippen LogP contribution in [0.2, 0.25) is 0 Å². The third-order valence-corrected chi connectivity index (χ3v) is 8.54. The minimum atomic E-state index is -0.998. The molecule has 14 heteroatoms. The van der Waals surface area contributed by atoms with E-state index in [4.69, 9.17) is 27.1 Å². The largest absolute Gasteiger partial charge is 0.481 e. The summed E-state index contributed by atoms with van der Waals surface area (Å²) in [4.78, 5) is 53.1. The number of amidine groups is 1. The fourth-order valence-electron chi connectivity index (χ4n) is 5.40. The molecule has 1 saturated carbocycles. The van der Waals surface area contributed by atoms with Crippen molar-refractivity contribution in [3.63, 3.8) is 0 Å². The maximum absolute atomic E-state index is 13.2. The van der Waals surface area contributed by atoms with Crippen LogP contribution in [0, 0.1) is 17.2 Å². The summed E-state index contributed by atoms with van der Waals surface area (Å²) in [5, 5.41) is 31.1. The third-order valence-electron chi connectivity index (χ3n) is 8.10. The van der Waals surface area contributed by atoms with Gasteiger partial charge in [0.25, 0.3) is 0 Å². The number of aromatic nitrogens is 1. The number of carbonyl (C=O) groups is 4. The van der Waals surface area contributed by atoms with Crippen LogP contribution >= 0.6 is 12.6 Å². The van der Waals surface area contributed by atoms with Gasteiger partial charge in [0.1, 0.15) is 17.7 Å². The third kappa shape index (κ3) is 10.7. The molecule has 2 amide bonds. The van der Waals surface area contributed by atoms with E-state index in [1.165, 1.54) is 0 Å². The van der Waals surface area contributed by atoms with Crippen LogP contribution in [0.1, 0.15) is 55.2 Å². The van der Waals surface area contributed by atoms with Crippen LogP contribution in [0.15, 0.2) is 42.6 Å². The fraction of sp³-hybridized carbons (Fsp3) is 0.484. The van der Waals surface area contributed by atoms with Crippen LogP contribution < -0.4 is 22.1 Å². The maximum Gasteiger partial charge on any atom is 0.317 e. The highest BCUT2D eigenvalue weighted by atomic mass is 32.1. The van der Waals surface area contributed by atoms with Crippen LogP contribution in [0.4, 0.5) is 5.82 Å². The summed E-state index contributed by atoms with van der Waals surface area (Å²) in [7, 11) is 0. The van der Waals surface area contributed by atoms with E-state index in [0.29, 0.717) is 43.1 Å². The first kappa shape index (κ1) is 35.3. The van der Waals surface area contributed by atoms with Gasteiger partial charge in [0.15, 0.2) is 0 Å². The number of nitrogens with one attached hydrogen (secondary N) is 3. The van der Waals surface area contributed by atoms with Crippen molar-refractivity contribution in [2.45, 2.75) is 63.6 Å². The van der Waals surface area contributed by atoms with E-state index < -0.39 is 29.9 Å². The standard InChI is InChI=1S/C22H31N5O4.C9H12N2O2S/c23-20(24)16-8-6-14(7-9-16)12-26-21(30)17-10-11-27(17)22(31)19(25-13-18(28)29)15-4-2-1-3-5-15;10-8-2-1-6(4-11-8)3-7(5-14)9(12)13/h6-9,15,17,19,25H,1-5,10-13H2,(H3,23,24)(H,26,30)(H,28,29);1-2,4,7,14H,3,5H2,(H2,10,11)(H,12,13)/t17-,19+;/m0./s1. The number of nitrogens with two attached hydrogens (primary N) is 2. The molecule has 244 valence electrons. The Balaban J connectivity index is 0.000000330. The molecular formula is C31H43N7O6S. The summed E-state index contributed by atoms with van der Waals surface area (Å²) in [5.41, 5.74) is 13.2. The van der Waals surface area contributed by atoms with E-state index in [1.807, 2.05) is 0 Å². The van der Waals surface area contributed by atoms with Crippen molar-refractivity contribution in [2.75, 3.05) is 24.6 Å². The van der Waals surface area contributed by atoms with E-state index in [9.17, 15) is 19.2 Å². The lowest BCUT2D eigenvalue weighted by molar-refractivity contribution is -0.150. The zero-order valence-corrected chi connectivity index (χ0v) is 26.0. The van der Waals surface area contributed by atoms with Crippen LogP contribution in [0.3, 0.4) is 0 Å². The lowest BCUT2D eigenvalue weighted by Gasteiger charge is -2.43. The van der Waals surface area contributed by atoms with E-state index in [2.05, 4.69) is 28.2 Å². The number of carboxylic acid groups (broad SMARTS) is 2. The van der Waals surface area contributed by atoms with E-state index in [1.54, 1.807) is 47.5 Å². The Morgan fingerprint density at radius 1 is 1.02 bits per heavy atom. The number of amides is 2. The van der Waals surface area contributed by atoms with Crippen molar-refractivity contribution in [3.05, 3.63) is 59.3 Å². The van der Waals surface area contributed by atoms with Gasteiger partial charge in [-0.2, -0.15) is 12.6 Å². The molecule has 3 atom stereocenters. The number of rotatable bonds is 13. The Hall–Kier alpha value is -4.17. The van der Waals surface area contributed by atoms with Crippen molar-refractivity contribution in [1.82, 2.24) is 20.5 Å². The maximum atomic E-state index is 13.2. The van der Waals surface area contributed by atoms with Gasteiger partial charge >= 0.3 is 11.9 Å². The van der Waals surface area contributed by atoms with Gasteiger partial charge in [-0.15, -0.1) is 0 Å². The van der Waals surface area contributed by atoms with Crippen molar-refractivity contribution < 1.29 is 29.4 Å². The van der Waals surface area contributed by atoms with Crippen molar-refractivity contribution in [1.29, 1.82) is 5.41 Å². The Morgan fingerprint density at radius 2 is 1.69 bits per heavy atom. The molecule has 0 radical (unpaired) electrons. The molecule has 45 heavy (non-hydrogen) atoms. The van der Waals surface area contributed by atoms with E-state index in [0.717, 1.165) is 43.2 Å². The number of pyridine rings is 1. The number of benzene rings is 1. The first-order valence-electron chi connectivity index (χ1n) is 15.0. The molecule has 0 spiro atoms. The minimum Gasteiger partial charge on any atom is -0.481 e. The lowest BCUT2D eigenvalue weighted by atomic mass is 9.82. The first-order chi connectivity index (χ1) is 21.5. The van der Waals surface area contributed by atoms with Gasteiger partial charge in [0, 0.05) is 30.6 Å². The zero-order valence-electron chi connectivity index (χ0n) is 25.2. The van der Waals surface area contributed by atoms with Gasteiger partial charge in [0.05, 0.1) is 18.5 Å². The number of nitrogens with zero attached hydrogens (tertiary/aromatic N) is 2. The molecule has 2 fully saturated rings. The molecule has 13 nitrogen and oxygen atoms in total. The molecule has 2 aromatic rings. The van der Waals surface area contributed by atoms with Gasteiger partial charge < -0.3 is 31.9 Å². The number of thiol groups is 1. The molecule has 1 aromatic heterocycles. The number of aliphatic carboxylic acids is 2. The molecular weight excluding hydrogens is 598 g/mol. The SMILES string of the molecule is N=C(N)c1ccc(CNC(=O)[C@@H]2CCN2C(=O)[C@H](NCC(=O)O)C2CCCCC2)cc1.Nc1ccc(CC(CS)C(=O)O)cn1. The number of nitrogen functional groups attached to an aromatic ring is 2. The van der Waals surface area contributed by atoms with Gasteiger partial charge in [-0.25, -0.2) is 4.98 Å². The molecule has 1 unspecified atom stereocenters. The number of carbonyl (C=O) groups excluding carboxylic acids is 2. The van der Waals surface area contributed by atoms with Gasteiger partial charge in [-0.1, -0.05) is 49.6 Å². The van der Waals surface area contributed by atoms with E-state index >= 15 is 0 Å². The quantitative estimate of drug-likeness (QED) is 0.0896. The van der Waals surface area contributed by atoms with Crippen LogP contribution in [0.5, 0.6) is 0 Å². The zero-order chi connectivity index (χ0) is 32.9. The molecule has 2 aliphatic rings.